The van der Waals surface area contributed by atoms with Crippen molar-refractivity contribution in [1.82, 2.24) is 5.32 Å². The minimum absolute atomic E-state index is 0.141. The van der Waals surface area contributed by atoms with Crippen LogP contribution in [-0.2, 0) is 0 Å². The Bertz CT molecular complexity index is 921. The molecule has 1 aromatic carbocycles. The average molecular weight is 363 g/mol. The van der Waals surface area contributed by atoms with E-state index < -0.39 is 0 Å². The molecule has 2 aliphatic heterocycles. The smallest absolute Gasteiger partial charge is 0.296 e. The van der Waals surface area contributed by atoms with Gasteiger partial charge in [0.2, 0.25) is 0 Å². The zero-order chi connectivity index (χ0) is 18.4. The maximum Gasteiger partial charge on any atom is 0.296 e. The maximum atomic E-state index is 12.1. The SMILES string of the molecule is O=C1N=NC2=C3C=C(CNC4CCC(O)CC4)C=CC3Oc3cccc1c32. The molecule has 1 amide bonds. The third-order valence-electron chi connectivity index (χ3n) is 5.69. The van der Waals surface area contributed by atoms with E-state index in [1.54, 1.807) is 6.07 Å². The third kappa shape index (κ3) is 2.95. The molecule has 6 heteroatoms. The van der Waals surface area contributed by atoms with Crippen molar-refractivity contribution >= 4 is 11.6 Å². The summed E-state index contributed by atoms with van der Waals surface area (Å²) < 4.78 is 6.09. The van der Waals surface area contributed by atoms with E-state index in [1.807, 2.05) is 18.2 Å². The van der Waals surface area contributed by atoms with Crippen molar-refractivity contribution in [3.8, 4) is 5.75 Å². The first kappa shape index (κ1) is 16.6. The van der Waals surface area contributed by atoms with Gasteiger partial charge in [-0.15, -0.1) is 10.2 Å². The molecule has 0 radical (unpaired) electrons. The molecule has 0 aromatic heterocycles. The van der Waals surface area contributed by atoms with Gasteiger partial charge in [0.25, 0.3) is 5.91 Å². The summed E-state index contributed by atoms with van der Waals surface area (Å²) in [5.41, 5.74) is 4.14. The molecule has 2 aliphatic carbocycles. The number of hydrogen-bond donors (Lipinski definition) is 2. The molecule has 138 valence electrons. The summed E-state index contributed by atoms with van der Waals surface area (Å²) in [7, 11) is 0. The lowest BCUT2D eigenvalue weighted by molar-refractivity contribution is 0.0991. The highest BCUT2D eigenvalue weighted by Gasteiger charge is 2.33. The molecule has 4 aliphatic rings. The largest absolute Gasteiger partial charge is 0.481 e. The number of fused-ring (bicyclic) bond motifs is 1. The molecule has 0 bridgehead atoms. The second-order valence-corrected chi connectivity index (χ2v) is 7.49. The molecule has 1 unspecified atom stereocenters. The number of carbonyl (C=O) groups excluding carboxylic acids is 1. The fourth-order valence-electron chi connectivity index (χ4n) is 4.19. The normalized spacial score (nSPS) is 28.4. The number of amides is 1. The summed E-state index contributed by atoms with van der Waals surface area (Å²) >= 11 is 0. The zero-order valence-electron chi connectivity index (χ0n) is 14.9. The molecule has 2 heterocycles. The Morgan fingerprint density at radius 3 is 2.89 bits per heavy atom. The summed E-state index contributed by atoms with van der Waals surface area (Å²) in [5, 5.41) is 21.3. The highest BCUT2D eigenvalue weighted by atomic mass is 16.5. The van der Waals surface area contributed by atoms with Gasteiger partial charge in [-0.2, -0.15) is 0 Å². The van der Waals surface area contributed by atoms with Gasteiger partial charge < -0.3 is 15.2 Å². The van der Waals surface area contributed by atoms with Crippen LogP contribution >= 0.6 is 0 Å². The third-order valence-corrected chi connectivity index (χ3v) is 5.69. The Kier molecular flexibility index (Phi) is 4.02. The molecular formula is C21H21N3O3. The van der Waals surface area contributed by atoms with Gasteiger partial charge in [-0.05, 0) is 55.5 Å². The van der Waals surface area contributed by atoms with Gasteiger partial charge in [0.05, 0.1) is 17.2 Å². The van der Waals surface area contributed by atoms with Crippen LogP contribution < -0.4 is 10.1 Å². The first-order chi connectivity index (χ1) is 13.2. The monoisotopic (exact) mass is 363 g/mol. The average Bonchev–Trinajstić information content (AvgIpc) is 2.70. The minimum Gasteiger partial charge on any atom is -0.481 e. The Labute approximate surface area is 157 Å². The summed E-state index contributed by atoms with van der Waals surface area (Å²) in [5.74, 6) is 0.360. The Morgan fingerprint density at radius 1 is 1.19 bits per heavy atom. The lowest BCUT2D eigenvalue weighted by Gasteiger charge is -2.31. The van der Waals surface area contributed by atoms with Gasteiger partial charge in [0, 0.05) is 18.2 Å². The van der Waals surface area contributed by atoms with Gasteiger partial charge in [-0.3, -0.25) is 4.79 Å². The van der Waals surface area contributed by atoms with Crippen LogP contribution in [0.1, 0.15) is 41.6 Å². The number of rotatable bonds is 3. The lowest BCUT2D eigenvalue weighted by atomic mass is 9.89. The van der Waals surface area contributed by atoms with E-state index >= 15 is 0 Å². The molecule has 1 atom stereocenters. The molecule has 1 fully saturated rings. The zero-order valence-corrected chi connectivity index (χ0v) is 14.9. The number of benzene rings is 1. The second-order valence-electron chi connectivity index (χ2n) is 7.49. The van der Waals surface area contributed by atoms with Crippen molar-refractivity contribution in [3.63, 3.8) is 0 Å². The van der Waals surface area contributed by atoms with Crippen molar-refractivity contribution < 1.29 is 14.6 Å². The topological polar surface area (TPSA) is 83.3 Å². The van der Waals surface area contributed by atoms with Gasteiger partial charge in [0.15, 0.2) is 0 Å². The van der Waals surface area contributed by atoms with Crippen molar-refractivity contribution in [2.24, 2.45) is 10.2 Å². The number of aliphatic hydroxyl groups is 1. The molecule has 5 rings (SSSR count). The highest BCUT2D eigenvalue weighted by molar-refractivity contribution is 6.03. The minimum atomic E-state index is -0.324. The van der Waals surface area contributed by atoms with E-state index in [0.717, 1.165) is 54.6 Å². The molecular weight excluding hydrogens is 342 g/mol. The van der Waals surface area contributed by atoms with Crippen molar-refractivity contribution in [1.29, 1.82) is 0 Å². The molecule has 2 N–H and O–H groups in total. The molecule has 0 spiro atoms. The van der Waals surface area contributed by atoms with E-state index in [9.17, 15) is 9.90 Å². The number of hydrogen-bond acceptors (Lipinski definition) is 5. The van der Waals surface area contributed by atoms with E-state index in [4.69, 9.17) is 4.74 Å². The van der Waals surface area contributed by atoms with Crippen LogP contribution in [0.4, 0.5) is 0 Å². The van der Waals surface area contributed by atoms with Gasteiger partial charge in [-0.1, -0.05) is 12.1 Å². The Balaban J connectivity index is 1.42. The Morgan fingerprint density at radius 2 is 2.04 bits per heavy atom. The van der Waals surface area contributed by atoms with E-state index in [-0.39, 0.29) is 18.1 Å². The number of azo groups is 1. The van der Waals surface area contributed by atoms with Crippen LogP contribution in [0, 0.1) is 0 Å². The maximum absolute atomic E-state index is 12.1. The van der Waals surface area contributed by atoms with Crippen molar-refractivity contribution in [2.45, 2.75) is 43.9 Å². The molecule has 1 saturated carbocycles. The van der Waals surface area contributed by atoms with Crippen LogP contribution in [0.5, 0.6) is 5.75 Å². The van der Waals surface area contributed by atoms with E-state index in [0.29, 0.717) is 17.4 Å². The highest BCUT2D eigenvalue weighted by Crippen LogP contribution is 2.43. The fourth-order valence-corrected chi connectivity index (χ4v) is 4.19. The predicted octanol–water partition coefficient (Wildman–Crippen LogP) is 3.15. The summed E-state index contributed by atoms with van der Waals surface area (Å²) in [6.07, 6.45) is 9.61. The fraction of sp³-hybridized carbons (Fsp3) is 0.381. The molecule has 27 heavy (non-hydrogen) atoms. The first-order valence-electron chi connectivity index (χ1n) is 9.49. The number of aliphatic hydroxyl groups excluding tert-OH is 1. The summed E-state index contributed by atoms with van der Waals surface area (Å²) in [4.78, 5) is 12.1. The standard InChI is InChI=1S/C21H21N3O3/c25-14-7-5-13(6-8-14)22-11-12-4-9-17-16(10-12)20-19-15(21(26)24-23-20)2-1-3-18(19)27-17/h1-4,9-10,13-14,17,22,25H,5-8,11H2. The Hall–Kier alpha value is -2.57. The van der Waals surface area contributed by atoms with Crippen LogP contribution in [0.15, 0.2) is 57.8 Å². The van der Waals surface area contributed by atoms with E-state index in [1.165, 1.54) is 0 Å². The second kappa shape index (κ2) is 6.55. The number of nitrogens with zero attached hydrogens (tertiary/aromatic N) is 2. The quantitative estimate of drug-likeness (QED) is 0.864. The van der Waals surface area contributed by atoms with Crippen molar-refractivity contribution in [2.75, 3.05) is 6.54 Å². The van der Waals surface area contributed by atoms with Gasteiger partial charge >= 0.3 is 0 Å². The summed E-state index contributed by atoms with van der Waals surface area (Å²) in [6.45, 7) is 0.755. The number of ether oxygens (including phenoxy) is 1. The van der Waals surface area contributed by atoms with E-state index in [2.05, 4.69) is 27.7 Å². The van der Waals surface area contributed by atoms with Crippen LogP contribution in [0.3, 0.4) is 0 Å². The first-order valence-corrected chi connectivity index (χ1v) is 9.49. The number of nitrogens with one attached hydrogen (secondary N) is 1. The van der Waals surface area contributed by atoms with Gasteiger partial charge in [0.1, 0.15) is 17.6 Å². The van der Waals surface area contributed by atoms with Crippen LogP contribution in [-0.4, -0.2) is 35.8 Å². The number of carbonyl (C=O) groups is 1. The lowest BCUT2D eigenvalue weighted by Crippen LogP contribution is -2.36. The predicted molar refractivity (Wildman–Crippen MR) is 100 cm³/mol. The molecule has 0 saturated heterocycles. The van der Waals surface area contributed by atoms with Gasteiger partial charge in [-0.25, -0.2) is 0 Å². The molecule has 6 nitrogen and oxygen atoms in total. The van der Waals surface area contributed by atoms with Crippen LogP contribution in [0.2, 0.25) is 0 Å². The summed E-state index contributed by atoms with van der Waals surface area (Å²) in [6, 6.07) is 5.90. The molecule has 1 aromatic rings. The van der Waals surface area contributed by atoms with Crippen molar-refractivity contribution in [3.05, 3.63) is 58.7 Å². The van der Waals surface area contributed by atoms with Crippen LogP contribution in [0.25, 0.3) is 5.70 Å².